The first-order chi connectivity index (χ1) is 12.4. The fourth-order valence-corrected chi connectivity index (χ4v) is 3.45. The van der Waals surface area contributed by atoms with Gasteiger partial charge in [-0.2, -0.15) is 0 Å². The van der Waals surface area contributed by atoms with Gasteiger partial charge in [-0.3, -0.25) is 5.32 Å². The first kappa shape index (κ1) is 20.9. The van der Waals surface area contributed by atoms with Crippen LogP contribution in [0.3, 0.4) is 0 Å². The summed E-state index contributed by atoms with van der Waals surface area (Å²) in [6.07, 6.45) is 1.17. The van der Waals surface area contributed by atoms with Crippen LogP contribution in [0.25, 0.3) is 0 Å². The van der Waals surface area contributed by atoms with E-state index >= 15 is 0 Å². The van der Waals surface area contributed by atoms with Crippen molar-refractivity contribution in [2.45, 2.75) is 24.3 Å². The van der Waals surface area contributed by atoms with Crippen LogP contribution in [0.2, 0.25) is 0 Å². The third kappa shape index (κ3) is 5.78. The highest BCUT2D eigenvalue weighted by Gasteiger charge is 2.26. The zero-order valence-electron chi connectivity index (χ0n) is 14.6. The third-order valence-electron chi connectivity index (χ3n) is 3.97. The number of rotatable bonds is 7. The van der Waals surface area contributed by atoms with Crippen LogP contribution in [-0.2, 0) is 4.74 Å². The van der Waals surface area contributed by atoms with Gasteiger partial charge in [-0.05, 0) is 83.6 Å². The van der Waals surface area contributed by atoms with Gasteiger partial charge in [0.15, 0.2) is 0 Å². The van der Waals surface area contributed by atoms with E-state index in [1.165, 1.54) is 0 Å². The summed E-state index contributed by atoms with van der Waals surface area (Å²) < 4.78 is 6.54. The molecule has 0 aliphatic heterocycles. The molecule has 2 rings (SSSR count). The lowest BCUT2D eigenvalue weighted by atomic mass is 9.94. The number of hydrogen-bond acceptors (Lipinski definition) is 5. The summed E-state index contributed by atoms with van der Waals surface area (Å²) in [6.45, 7) is 1.85. The van der Waals surface area contributed by atoms with E-state index in [-0.39, 0.29) is 18.3 Å². The second-order valence-corrected chi connectivity index (χ2v) is 8.00. The largest absolute Gasteiger partial charge is 0.508 e. The number of anilines is 1. The maximum Gasteiger partial charge on any atom is 0.412 e. The van der Waals surface area contributed by atoms with Crippen molar-refractivity contribution in [3.05, 3.63) is 51.6 Å². The molecule has 0 saturated carbocycles. The number of carbonyl (C=O) groups excluding carboxylic acids is 1. The number of phenolic OH excluding ortho intramolecular Hbond substituents is 1. The quantitative estimate of drug-likeness (QED) is 0.378. The molecule has 1 amide bonds. The lowest BCUT2D eigenvalue weighted by Gasteiger charge is -2.25. The van der Waals surface area contributed by atoms with Gasteiger partial charge in [0.25, 0.3) is 0 Å². The minimum absolute atomic E-state index is 0.0243. The second-order valence-electron chi connectivity index (χ2n) is 5.87. The number of amides is 1. The van der Waals surface area contributed by atoms with Crippen molar-refractivity contribution in [3.8, 4) is 5.75 Å². The van der Waals surface area contributed by atoms with Crippen LogP contribution < -0.4 is 5.32 Å². The minimum atomic E-state index is -0.665. The van der Waals surface area contributed by atoms with Crippen molar-refractivity contribution >= 4 is 46.1 Å². The van der Waals surface area contributed by atoms with E-state index in [0.29, 0.717) is 17.7 Å². The van der Waals surface area contributed by atoms with E-state index in [1.807, 2.05) is 37.4 Å². The van der Waals surface area contributed by atoms with Crippen LogP contribution in [0, 0.1) is 9.49 Å². The topological polar surface area (TPSA) is 78.8 Å². The fourth-order valence-electron chi connectivity index (χ4n) is 2.53. The molecule has 0 heterocycles. The van der Waals surface area contributed by atoms with Gasteiger partial charge in [-0.15, -0.1) is 11.8 Å². The molecule has 0 spiro atoms. The van der Waals surface area contributed by atoms with Gasteiger partial charge in [0, 0.05) is 26.3 Å². The second kappa shape index (κ2) is 10.0. The number of aromatic hydroxyl groups is 1. The van der Waals surface area contributed by atoms with E-state index in [1.54, 1.807) is 30.0 Å². The Balaban J connectivity index is 2.17. The number of aliphatic hydroxyl groups is 1. The molecule has 0 aliphatic carbocycles. The first-order valence-corrected chi connectivity index (χ1v) is 10.5. The molecule has 140 valence electrons. The van der Waals surface area contributed by atoms with Gasteiger partial charge in [0.05, 0.1) is 0 Å². The fraction of sp³-hybridized carbons (Fsp3) is 0.316. The molecule has 0 bridgehead atoms. The summed E-state index contributed by atoms with van der Waals surface area (Å²) in [5.74, 6) is -0.0916. The smallest absolute Gasteiger partial charge is 0.412 e. The van der Waals surface area contributed by atoms with Crippen LogP contribution in [0.5, 0.6) is 5.75 Å². The number of halogens is 1. The Hall–Kier alpha value is -1.45. The van der Waals surface area contributed by atoms with Crippen LogP contribution in [0.15, 0.2) is 47.4 Å². The Bertz CT molecular complexity index is 739. The summed E-state index contributed by atoms with van der Waals surface area (Å²) in [5, 5.41) is 22.2. The maximum atomic E-state index is 12.4. The molecule has 2 aromatic rings. The highest BCUT2D eigenvalue weighted by atomic mass is 127. The number of benzene rings is 2. The standard InChI is InChI=1S/C19H22INO4S/c1-12(9-10-22)18(16-11-13(20)3-8-17(16)23)25-19(24)21-14-4-6-15(26-2)7-5-14/h3-8,11-12,18,22-23H,9-10H2,1-2H3,(H,21,24)/t12-,18+/m0/s1. The van der Waals surface area contributed by atoms with E-state index in [2.05, 4.69) is 27.9 Å². The highest BCUT2D eigenvalue weighted by Crippen LogP contribution is 2.35. The molecule has 0 fully saturated rings. The SMILES string of the molecule is CSc1ccc(NC(=O)O[C@@H](c2cc(I)ccc2O)[C@@H](C)CCO)cc1. The minimum Gasteiger partial charge on any atom is -0.508 e. The van der Waals surface area contributed by atoms with Crippen LogP contribution in [-0.4, -0.2) is 29.2 Å². The number of thioether (sulfide) groups is 1. The van der Waals surface area contributed by atoms with E-state index in [0.717, 1.165) is 8.47 Å². The molecule has 7 heteroatoms. The molecule has 26 heavy (non-hydrogen) atoms. The van der Waals surface area contributed by atoms with Crippen molar-refractivity contribution < 1.29 is 19.7 Å². The molecule has 0 saturated heterocycles. The molecule has 3 N–H and O–H groups in total. The number of nitrogens with one attached hydrogen (secondary N) is 1. The van der Waals surface area contributed by atoms with Gasteiger partial charge in [0.1, 0.15) is 11.9 Å². The summed E-state index contributed by atoms with van der Waals surface area (Å²) in [5.41, 5.74) is 1.17. The zero-order chi connectivity index (χ0) is 19.1. The summed E-state index contributed by atoms with van der Waals surface area (Å²) >= 11 is 3.76. The molecular formula is C19H22INO4S. The molecule has 2 aromatic carbocycles. The van der Waals surface area contributed by atoms with Gasteiger partial charge < -0.3 is 14.9 Å². The highest BCUT2D eigenvalue weighted by molar-refractivity contribution is 14.1. The van der Waals surface area contributed by atoms with Crippen LogP contribution >= 0.6 is 34.4 Å². The Morgan fingerprint density at radius 2 is 1.96 bits per heavy atom. The summed E-state index contributed by atoms with van der Waals surface area (Å²) in [6, 6.07) is 12.6. The number of ether oxygens (including phenoxy) is 1. The predicted octanol–water partition coefficient (Wildman–Crippen LogP) is 5.03. The van der Waals surface area contributed by atoms with Crippen molar-refractivity contribution in [3.63, 3.8) is 0 Å². The maximum absolute atomic E-state index is 12.4. The normalized spacial score (nSPS) is 13.1. The lowest BCUT2D eigenvalue weighted by molar-refractivity contribution is 0.0652. The number of phenols is 1. The molecular weight excluding hydrogens is 465 g/mol. The first-order valence-electron chi connectivity index (χ1n) is 8.15. The monoisotopic (exact) mass is 487 g/mol. The zero-order valence-corrected chi connectivity index (χ0v) is 17.6. The molecule has 0 radical (unpaired) electrons. The number of aliphatic hydroxyl groups excluding tert-OH is 1. The Morgan fingerprint density at radius 1 is 1.27 bits per heavy atom. The van der Waals surface area contributed by atoms with Crippen molar-refractivity contribution in [1.29, 1.82) is 0 Å². The van der Waals surface area contributed by atoms with E-state index in [4.69, 9.17) is 4.74 Å². The number of hydrogen-bond donors (Lipinski definition) is 3. The van der Waals surface area contributed by atoms with Crippen molar-refractivity contribution in [2.75, 3.05) is 18.2 Å². The van der Waals surface area contributed by atoms with Gasteiger partial charge in [-0.25, -0.2) is 4.79 Å². The van der Waals surface area contributed by atoms with Gasteiger partial charge in [0.2, 0.25) is 0 Å². The van der Waals surface area contributed by atoms with E-state index in [9.17, 15) is 15.0 Å². The third-order valence-corrected chi connectivity index (χ3v) is 5.38. The Morgan fingerprint density at radius 3 is 2.58 bits per heavy atom. The summed E-state index contributed by atoms with van der Waals surface area (Å²) in [4.78, 5) is 13.5. The average molecular weight is 487 g/mol. The molecule has 0 aliphatic rings. The lowest BCUT2D eigenvalue weighted by Crippen LogP contribution is -2.22. The number of carbonyl (C=O) groups is 1. The molecule has 2 atom stereocenters. The van der Waals surface area contributed by atoms with E-state index < -0.39 is 12.2 Å². The van der Waals surface area contributed by atoms with Crippen molar-refractivity contribution in [1.82, 2.24) is 0 Å². The average Bonchev–Trinajstić information content (AvgIpc) is 2.62. The molecule has 0 aromatic heterocycles. The van der Waals surface area contributed by atoms with Crippen molar-refractivity contribution in [2.24, 2.45) is 5.92 Å². The Labute approximate surface area is 171 Å². The Kier molecular flexibility index (Phi) is 8.05. The predicted molar refractivity (Wildman–Crippen MR) is 113 cm³/mol. The van der Waals surface area contributed by atoms with Gasteiger partial charge >= 0.3 is 6.09 Å². The summed E-state index contributed by atoms with van der Waals surface area (Å²) in [7, 11) is 0. The van der Waals surface area contributed by atoms with Gasteiger partial charge in [-0.1, -0.05) is 6.92 Å². The molecule has 5 nitrogen and oxygen atoms in total. The van der Waals surface area contributed by atoms with Crippen LogP contribution in [0.4, 0.5) is 10.5 Å². The van der Waals surface area contributed by atoms with Crippen LogP contribution in [0.1, 0.15) is 25.0 Å². The molecule has 0 unspecified atom stereocenters.